The third-order valence-electron chi connectivity index (χ3n) is 5.55. The lowest BCUT2D eigenvalue weighted by molar-refractivity contribution is -1.02. The molecule has 4 heteroatoms. The molecule has 1 saturated heterocycles. The van der Waals surface area contributed by atoms with Crippen LogP contribution in [-0.2, 0) is 6.54 Å². The minimum atomic E-state index is 0.862. The molecule has 0 bridgehead atoms. The van der Waals surface area contributed by atoms with Gasteiger partial charge in [0.2, 0.25) is 0 Å². The van der Waals surface area contributed by atoms with Gasteiger partial charge in [0.05, 0.1) is 20.8 Å². The van der Waals surface area contributed by atoms with E-state index in [-0.39, 0.29) is 0 Å². The summed E-state index contributed by atoms with van der Waals surface area (Å²) < 4.78 is 10.8. The molecule has 0 saturated carbocycles. The Morgan fingerprint density at radius 1 is 1.00 bits per heavy atom. The maximum absolute atomic E-state index is 5.55. The Morgan fingerprint density at radius 2 is 1.79 bits per heavy atom. The largest absolute Gasteiger partial charge is 0.497 e. The Hall–Kier alpha value is -1.52. The van der Waals surface area contributed by atoms with Crippen LogP contribution in [0.2, 0.25) is 0 Å². The van der Waals surface area contributed by atoms with E-state index in [1.165, 1.54) is 57.5 Å². The zero-order chi connectivity index (χ0) is 16.8. The van der Waals surface area contributed by atoms with Crippen LogP contribution in [0.5, 0.6) is 11.5 Å². The van der Waals surface area contributed by atoms with Gasteiger partial charge in [-0.15, -0.1) is 0 Å². The van der Waals surface area contributed by atoms with E-state index in [0.29, 0.717) is 0 Å². The number of rotatable bonds is 6. The van der Waals surface area contributed by atoms with E-state index in [4.69, 9.17) is 9.47 Å². The van der Waals surface area contributed by atoms with Crippen molar-refractivity contribution in [2.24, 2.45) is 5.92 Å². The van der Waals surface area contributed by atoms with E-state index in [0.717, 1.165) is 24.0 Å². The lowest BCUT2D eigenvalue weighted by Gasteiger charge is -2.32. The normalized spacial score (nSPS) is 27.0. The van der Waals surface area contributed by atoms with Gasteiger partial charge in [-0.05, 0) is 31.4 Å². The molecule has 2 N–H and O–H groups in total. The van der Waals surface area contributed by atoms with Gasteiger partial charge in [0.1, 0.15) is 44.2 Å². The van der Waals surface area contributed by atoms with E-state index < -0.39 is 0 Å². The van der Waals surface area contributed by atoms with Crippen LogP contribution < -0.4 is 19.3 Å². The molecular weight excluding hydrogens is 300 g/mol. The predicted octanol–water partition coefficient (Wildman–Crippen LogP) is 0.344. The molecular formula is C20H32N2O2+2. The minimum Gasteiger partial charge on any atom is -0.497 e. The first kappa shape index (κ1) is 17.3. The van der Waals surface area contributed by atoms with E-state index in [1.807, 2.05) is 12.1 Å². The average Bonchev–Trinajstić information content (AvgIpc) is 2.64. The van der Waals surface area contributed by atoms with Crippen LogP contribution in [-0.4, -0.2) is 46.9 Å². The molecule has 0 aromatic heterocycles. The molecule has 1 atom stereocenters. The monoisotopic (exact) mass is 332 g/mol. The van der Waals surface area contributed by atoms with Gasteiger partial charge in [0.25, 0.3) is 0 Å². The van der Waals surface area contributed by atoms with E-state index in [9.17, 15) is 0 Å². The molecule has 1 aliphatic carbocycles. The fraction of sp³-hybridized carbons (Fsp3) is 0.600. The lowest BCUT2D eigenvalue weighted by Crippen LogP contribution is -3.27. The maximum Gasteiger partial charge on any atom is 0.131 e. The second-order valence-corrected chi connectivity index (χ2v) is 7.21. The second kappa shape index (κ2) is 8.54. The summed E-state index contributed by atoms with van der Waals surface area (Å²) in [6, 6.07) is 6.18. The molecule has 0 spiro atoms. The molecule has 24 heavy (non-hydrogen) atoms. The topological polar surface area (TPSA) is 27.3 Å². The molecule has 1 fully saturated rings. The Balaban J connectivity index is 1.49. The van der Waals surface area contributed by atoms with E-state index in [2.05, 4.69) is 18.2 Å². The minimum absolute atomic E-state index is 0.862. The molecule has 1 aromatic rings. The first-order valence-corrected chi connectivity index (χ1v) is 9.31. The van der Waals surface area contributed by atoms with Crippen LogP contribution in [0, 0.1) is 5.92 Å². The Morgan fingerprint density at radius 3 is 2.46 bits per heavy atom. The highest BCUT2D eigenvalue weighted by Gasteiger charge is 2.26. The van der Waals surface area contributed by atoms with Gasteiger partial charge in [-0.1, -0.05) is 12.2 Å². The number of hydrogen-bond acceptors (Lipinski definition) is 2. The first-order valence-electron chi connectivity index (χ1n) is 9.31. The van der Waals surface area contributed by atoms with E-state index >= 15 is 0 Å². The molecule has 132 valence electrons. The highest BCUT2D eigenvalue weighted by Crippen LogP contribution is 2.23. The second-order valence-electron chi connectivity index (χ2n) is 7.21. The molecule has 4 nitrogen and oxygen atoms in total. The summed E-state index contributed by atoms with van der Waals surface area (Å²) in [5, 5.41) is 0. The van der Waals surface area contributed by atoms with Gasteiger partial charge >= 0.3 is 0 Å². The highest BCUT2D eigenvalue weighted by atomic mass is 16.5. The van der Waals surface area contributed by atoms with Gasteiger partial charge in [-0.25, -0.2) is 0 Å². The standard InChI is InChI=1S/C20H30N2O2/c1-23-19-9-8-18(20(14-19)24-2)16-22-12-10-21(11-13-22)15-17-6-4-3-5-7-17/h3-4,8-9,14,17H,5-7,10-13,15-16H2,1-2H3/p+2/t17-/m1/s1. The number of allylic oxidation sites excluding steroid dienone is 2. The summed E-state index contributed by atoms with van der Waals surface area (Å²) in [6.07, 6.45) is 8.69. The van der Waals surface area contributed by atoms with Crippen LogP contribution in [0.1, 0.15) is 24.8 Å². The van der Waals surface area contributed by atoms with Crippen LogP contribution in [0.3, 0.4) is 0 Å². The number of benzene rings is 1. The third kappa shape index (κ3) is 4.52. The summed E-state index contributed by atoms with van der Waals surface area (Å²) in [7, 11) is 3.44. The van der Waals surface area contributed by atoms with E-state index in [1.54, 1.807) is 24.0 Å². The Kier molecular flexibility index (Phi) is 6.16. The molecule has 0 radical (unpaired) electrons. The van der Waals surface area contributed by atoms with Crippen molar-refractivity contribution in [3.05, 3.63) is 35.9 Å². The SMILES string of the molecule is COc1ccc(C[NH+]2CC[NH+](C[C@@H]3CC=CCC3)CC2)c(OC)c1. The predicted molar refractivity (Wildman–Crippen MR) is 96.0 cm³/mol. The molecule has 1 aliphatic heterocycles. The summed E-state index contributed by atoms with van der Waals surface area (Å²) in [5.74, 6) is 2.72. The van der Waals surface area contributed by atoms with Crippen molar-refractivity contribution in [2.45, 2.75) is 25.8 Å². The van der Waals surface area contributed by atoms with Gasteiger partial charge in [-0.3, -0.25) is 0 Å². The zero-order valence-electron chi connectivity index (χ0n) is 15.1. The van der Waals surface area contributed by atoms with Crippen LogP contribution in [0.25, 0.3) is 0 Å². The van der Waals surface area contributed by atoms with Gasteiger partial charge in [0, 0.05) is 17.5 Å². The fourth-order valence-corrected chi connectivity index (χ4v) is 4.06. The number of hydrogen-bond donors (Lipinski definition) is 2. The third-order valence-corrected chi connectivity index (χ3v) is 5.55. The molecule has 2 aliphatic rings. The van der Waals surface area contributed by atoms with Crippen molar-refractivity contribution in [2.75, 3.05) is 46.9 Å². The van der Waals surface area contributed by atoms with Crippen molar-refractivity contribution in [3.63, 3.8) is 0 Å². The summed E-state index contributed by atoms with van der Waals surface area (Å²) in [6.45, 7) is 7.53. The van der Waals surface area contributed by atoms with Gasteiger partial charge in [0.15, 0.2) is 0 Å². The number of quaternary nitrogens is 2. The first-order chi connectivity index (χ1) is 11.8. The van der Waals surface area contributed by atoms with Crippen LogP contribution in [0.4, 0.5) is 0 Å². The lowest BCUT2D eigenvalue weighted by atomic mass is 9.94. The molecule has 3 rings (SSSR count). The quantitative estimate of drug-likeness (QED) is 0.736. The number of piperazine rings is 1. The van der Waals surface area contributed by atoms with Crippen molar-refractivity contribution in [1.29, 1.82) is 0 Å². The van der Waals surface area contributed by atoms with Crippen molar-refractivity contribution >= 4 is 0 Å². The molecule has 1 aromatic carbocycles. The molecule has 0 amide bonds. The number of ether oxygens (including phenoxy) is 2. The number of methoxy groups -OCH3 is 2. The fourth-order valence-electron chi connectivity index (χ4n) is 4.06. The summed E-state index contributed by atoms with van der Waals surface area (Å²) in [5.41, 5.74) is 1.29. The average molecular weight is 332 g/mol. The Bertz CT molecular complexity index is 551. The summed E-state index contributed by atoms with van der Waals surface area (Å²) in [4.78, 5) is 3.48. The van der Waals surface area contributed by atoms with Crippen molar-refractivity contribution in [3.8, 4) is 11.5 Å². The summed E-state index contributed by atoms with van der Waals surface area (Å²) >= 11 is 0. The molecule has 1 heterocycles. The van der Waals surface area contributed by atoms with Crippen molar-refractivity contribution < 1.29 is 19.3 Å². The Labute approximate surface area is 146 Å². The number of nitrogens with one attached hydrogen (secondary N) is 2. The van der Waals surface area contributed by atoms with Crippen LogP contribution >= 0.6 is 0 Å². The van der Waals surface area contributed by atoms with Crippen LogP contribution in [0.15, 0.2) is 30.4 Å². The highest BCUT2D eigenvalue weighted by molar-refractivity contribution is 5.40. The van der Waals surface area contributed by atoms with Gasteiger partial charge < -0.3 is 19.3 Å². The maximum atomic E-state index is 5.55. The smallest absolute Gasteiger partial charge is 0.131 e. The van der Waals surface area contributed by atoms with Crippen molar-refractivity contribution in [1.82, 2.24) is 0 Å². The zero-order valence-corrected chi connectivity index (χ0v) is 15.1. The molecule has 0 unspecified atom stereocenters. The van der Waals surface area contributed by atoms with Gasteiger partial charge in [-0.2, -0.15) is 0 Å².